The van der Waals surface area contributed by atoms with Crippen molar-refractivity contribution >= 4 is 22.6 Å². The number of nitrogens with zero attached hydrogens (tertiary/aromatic N) is 1. The fraction of sp³-hybridized carbons (Fsp3) is 0.273. The summed E-state index contributed by atoms with van der Waals surface area (Å²) >= 11 is 0. The lowest BCUT2D eigenvalue weighted by atomic mass is 9.43. The lowest BCUT2D eigenvalue weighted by Crippen LogP contribution is -2.55. The molecule has 0 heterocycles. The standard InChI is InChI=1S/C55H49N/c1-54(2)49-16-8-6-13-45(49)47-15-10-18-52(53(47)54)56(43-24-19-38(20-25-43)37-11-4-3-5-12-37)44-26-21-39(22-27-44)40-23-28-51-48(34-40)46-14-7-9-17-50(46)55(51)41-30-35-29-36(32-41)33-42(55)31-35/h3-15,17-28,34-36,41-42,49H,16,29-33H2,1-2H3. The minimum Gasteiger partial charge on any atom is -0.310 e. The van der Waals surface area contributed by atoms with Crippen LogP contribution in [0.4, 0.5) is 17.1 Å². The van der Waals surface area contributed by atoms with Crippen LogP contribution in [0.25, 0.3) is 39.0 Å². The monoisotopic (exact) mass is 723 g/mol. The van der Waals surface area contributed by atoms with Gasteiger partial charge in [-0.2, -0.15) is 0 Å². The molecular formula is C55H49N. The van der Waals surface area contributed by atoms with Gasteiger partial charge >= 0.3 is 0 Å². The molecule has 1 nitrogen and oxygen atoms in total. The molecular weight excluding hydrogens is 675 g/mol. The Kier molecular flexibility index (Phi) is 7.06. The normalized spacial score (nSPS) is 26.8. The SMILES string of the molecule is CC1(C)c2c(cccc2N(c2ccc(-c3ccccc3)cc2)c2ccc(-c3ccc4c(c3)-c3ccccc3C43C4CC5CC(C4)CC3C5)cc2)C2=CC=CCC21. The zero-order chi connectivity index (χ0) is 37.2. The van der Waals surface area contributed by atoms with Crippen LogP contribution in [0.1, 0.15) is 74.6 Å². The molecule has 56 heavy (non-hydrogen) atoms. The topological polar surface area (TPSA) is 3.24 Å². The maximum absolute atomic E-state index is 2.56. The molecule has 1 unspecified atom stereocenters. The molecule has 4 saturated carbocycles. The van der Waals surface area contributed by atoms with Gasteiger partial charge in [0.15, 0.2) is 0 Å². The van der Waals surface area contributed by atoms with Crippen molar-refractivity contribution in [2.75, 3.05) is 4.90 Å². The maximum Gasteiger partial charge on any atom is 0.0505 e. The molecule has 6 aromatic rings. The third-order valence-electron chi connectivity index (χ3n) is 15.5. The number of anilines is 3. The van der Waals surface area contributed by atoms with Crippen LogP contribution in [0, 0.1) is 29.6 Å². The van der Waals surface area contributed by atoms with E-state index in [-0.39, 0.29) is 10.8 Å². The molecule has 1 atom stereocenters. The highest BCUT2D eigenvalue weighted by Gasteiger charge is 2.61. The van der Waals surface area contributed by atoms with Crippen molar-refractivity contribution in [2.45, 2.75) is 63.2 Å². The molecule has 4 fully saturated rings. The molecule has 1 spiro atoms. The van der Waals surface area contributed by atoms with Crippen molar-refractivity contribution in [3.63, 3.8) is 0 Å². The Hall–Kier alpha value is -5.40. The molecule has 0 saturated heterocycles. The highest BCUT2D eigenvalue weighted by molar-refractivity contribution is 5.90. The first kappa shape index (κ1) is 32.8. The molecule has 0 radical (unpaired) electrons. The number of hydrogen-bond donors (Lipinski definition) is 0. The Bertz CT molecular complexity index is 2560. The molecule has 0 aromatic heterocycles. The number of fused-ring (bicyclic) bond motifs is 6. The summed E-state index contributed by atoms with van der Waals surface area (Å²) in [6, 6.07) is 53.4. The van der Waals surface area contributed by atoms with Crippen LogP contribution in [-0.4, -0.2) is 0 Å². The highest BCUT2D eigenvalue weighted by atomic mass is 15.1. The van der Waals surface area contributed by atoms with Crippen molar-refractivity contribution in [1.82, 2.24) is 0 Å². The minimum atomic E-state index is 0.0000237. The largest absolute Gasteiger partial charge is 0.310 e. The summed E-state index contributed by atoms with van der Waals surface area (Å²) in [5, 5.41) is 0. The van der Waals surface area contributed by atoms with E-state index in [1.165, 1.54) is 99.2 Å². The number of benzene rings is 6. The molecule has 0 aliphatic heterocycles. The average Bonchev–Trinajstić information content (AvgIpc) is 3.66. The molecule has 13 rings (SSSR count). The van der Waals surface area contributed by atoms with Gasteiger partial charge < -0.3 is 4.90 Å². The second-order valence-corrected chi connectivity index (χ2v) is 18.5. The van der Waals surface area contributed by atoms with Crippen LogP contribution in [0.3, 0.4) is 0 Å². The maximum atomic E-state index is 2.56. The Morgan fingerprint density at radius 1 is 0.518 bits per heavy atom. The van der Waals surface area contributed by atoms with Crippen LogP contribution < -0.4 is 4.90 Å². The van der Waals surface area contributed by atoms with E-state index >= 15 is 0 Å². The molecule has 1 heteroatoms. The van der Waals surface area contributed by atoms with Crippen molar-refractivity contribution in [3.05, 3.63) is 180 Å². The summed E-state index contributed by atoms with van der Waals surface area (Å²) in [6.45, 7) is 4.91. The Labute approximate surface area is 332 Å². The van der Waals surface area contributed by atoms with E-state index in [1.54, 1.807) is 11.1 Å². The van der Waals surface area contributed by atoms with E-state index < -0.39 is 0 Å². The third-order valence-corrected chi connectivity index (χ3v) is 15.5. The summed E-state index contributed by atoms with van der Waals surface area (Å²) in [7, 11) is 0. The summed E-state index contributed by atoms with van der Waals surface area (Å²) < 4.78 is 0. The van der Waals surface area contributed by atoms with E-state index in [0.717, 1.165) is 30.1 Å². The van der Waals surface area contributed by atoms with Gasteiger partial charge in [0, 0.05) is 16.8 Å². The molecule has 4 bridgehead atoms. The first-order valence-electron chi connectivity index (χ1n) is 21.3. The van der Waals surface area contributed by atoms with Crippen molar-refractivity contribution in [2.24, 2.45) is 29.6 Å². The van der Waals surface area contributed by atoms with Gasteiger partial charge in [-0.15, -0.1) is 0 Å². The first-order chi connectivity index (χ1) is 27.5. The second kappa shape index (κ2) is 12.1. The van der Waals surface area contributed by atoms with Crippen molar-refractivity contribution < 1.29 is 0 Å². The zero-order valence-electron chi connectivity index (χ0n) is 32.6. The van der Waals surface area contributed by atoms with Crippen molar-refractivity contribution in [1.29, 1.82) is 0 Å². The molecule has 0 N–H and O–H groups in total. The predicted octanol–water partition coefficient (Wildman–Crippen LogP) is 14.5. The number of hydrogen-bond acceptors (Lipinski definition) is 1. The summed E-state index contributed by atoms with van der Waals surface area (Å²) in [5.74, 6) is 3.98. The number of allylic oxidation sites excluding steroid dienone is 4. The van der Waals surface area contributed by atoms with E-state index in [1.807, 2.05) is 0 Å². The Balaban J connectivity index is 0.960. The van der Waals surface area contributed by atoms with Crippen LogP contribution in [-0.2, 0) is 10.8 Å². The molecule has 274 valence electrons. The molecule has 6 aromatic carbocycles. The van der Waals surface area contributed by atoms with E-state index in [9.17, 15) is 0 Å². The lowest BCUT2D eigenvalue weighted by molar-refractivity contribution is -0.0399. The van der Waals surface area contributed by atoms with Crippen LogP contribution in [0.15, 0.2) is 158 Å². The summed E-state index contributed by atoms with van der Waals surface area (Å²) in [4.78, 5) is 2.51. The van der Waals surface area contributed by atoms with Gasteiger partial charge in [-0.1, -0.05) is 135 Å². The van der Waals surface area contributed by atoms with E-state index in [2.05, 4.69) is 177 Å². The Morgan fingerprint density at radius 3 is 1.82 bits per heavy atom. The summed E-state index contributed by atoms with van der Waals surface area (Å²) in [6.07, 6.45) is 15.2. The Morgan fingerprint density at radius 2 is 1.11 bits per heavy atom. The predicted molar refractivity (Wildman–Crippen MR) is 234 cm³/mol. The minimum absolute atomic E-state index is 0.0000237. The van der Waals surface area contributed by atoms with Crippen LogP contribution in [0.2, 0.25) is 0 Å². The van der Waals surface area contributed by atoms with Gasteiger partial charge in [-0.3, -0.25) is 0 Å². The zero-order valence-corrected chi connectivity index (χ0v) is 32.6. The van der Waals surface area contributed by atoms with Gasteiger partial charge in [-0.05, 0) is 171 Å². The average molecular weight is 724 g/mol. The quantitative estimate of drug-likeness (QED) is 0.171. The van der Waals surface area contributed by atoms with Gasteiger partial charge in [0.05, 0.1) is 5.69 Å². The second-order valence-electron chi connectivity index (χ2n) is 18.5. The summed E-state index contributed by atoms with van der Waals surface area (Å²) in [5.41, 5.74) is 19.5. The molecule has 7 aliphatic carbocycles. The van der Waals surface area contributed by atoms with E-state index in [0.29, 0.717) is 5.92 Å². The third kappa shape index (κ3) is 4.55. The number of rotatable bonds is 5. The molecule has 7 aliphatic rings. The van der Waals surface area contributed by atoms with Gasteiger partial charge in [0.25, 0.3) is 0 Å². The fourth-order valence-electron chi connectivity index (χ4n) is 13.4. The van der Waals surface area contributed by atoms with Gasteiger partial charge in [-0.25, -0.2) is 0 Å². The van der Waals surface area contributed by atoms with Crippen LogP contribution in [0.5, 0.6) is 0 Å². The van der Waals surface area contributed by atoms with Gasteiger partial charge in [0.2, 0.25) is 0 Å². The van der Waals surface area contributed by atoms with E-state index in [4.69, 9.17) is 0 Å². The molecule has 0 amide bonds. The van der Waals surface area contributed by atoms with Crippen molar-refractivity contribution in [3.8, 4) is 33.4 Å². The first-order valence-corrected chi connectivity index (χ1v) is 21.3. The fourth-order valence-corrected chi connectivity index (χ4v) is 13.4. The highest BCUT2D eigenvalue weighted by Crippen LogP contribution is 2.69. The smallest absolute Gasteiger partial charge is 0.0505 e. The van der Waals surface area contributed by atoms with Crippen LogP contribution >= 0.6 is 0 Å². The lowest BCUT2D eigenvalue weighted by Gasteiger charge is -2.61. The van der Waals surface area contributed by atoms with Gasteiger partial charge in [0.1, 0.15) is 0 Å².